The van der Waals surface area contributed by atoms with Crippen molar-refractivity contribution in [1.82, 2.24) is 0 Å². The Balaban J connectivity index is 2.22. The lowest BCUT2D eigenvalue weighted by Crippen LogP contribution is -2.07. The maximum Gasteiger partial charge on any atom is 0.396 e. The third-order valence-electron chi connectivity index (χ3n) is 1.95. The van der Waals surface area contributed by atoms with Crippen molar-refractivity contribution in [3.63, 3.8) is 0 Å². The molecule has 1 aliphatic heterocycles. The van der Waals surface area contributed by atoms with E-state index in [1.165, 1.54) is 0 Å². The fourth-order valence-corrected chi connectivity index (χ4v) is 2.19. The lowest BCUT2D eigenvalue weighted by Gasteiger charge is -2.24. The number of hydrogen-bond donors (Lipinski definition) is 0. The van der Waals surface area contributed by atoms with Crippen molar-refractivity contribution in [3.05, 3.63) is 23.8 Å². The monoisotopic (exact) mass is 224 g/mol. The van der Waals surface area contributed by atoms with Crippen molar-refractivity contribution >= 4 is 16.4 Å². The second kappa shape index (κ2) is 4.84. The molecule has 0 amide bonds. The minimum absolute atomic E-state index is 0.0795. The van der Waals surface area contributed by atoms with Crippen molar-refractivity contribution in [2.45, 2.75) is 6.61 Å². The van der Waals surface area contributed by atoms with Crippen molar-refractivity contribution in [2.24, 2.45) is 0 Å². The molecule has 0 fully saturated rings. The summed E-state index contributed by atoms with van der Waals surface area (Å²) in [6, 6.07) is 5.65. The van der Waals surface area contributed by atoms with Crippen LogP contribution in [0.15, 0.2) is 18.2 Å². The summed E-state index contributed by atoms with van der Waals surface area (Å²) < 4.78 is 21.1. The van der Waals surface area contributed by atoms with Crippen molar-refractivity contribution < 1.29 is 18.3 Å². The van der Waals surface area contributed by atoms with Gasteiger partial charge in [0.25, 0.3) is 0 Å². The lowest BCUT2D eigenvalue weighted by atomic mass is 10.2. The van der Waals surface area contributed by atoms with Crippen LogP contribution in [0.3, 0.4) is 0 Å². The zero-order chi connectivity index (χ0) is 10.7. The summed E-state index contributed by atoms with van der Waals surface area (Å²) >= 11 is 0. The third kappa shape index (κ3) is 2.25. The molecule has 0 bridgehead atoms. The van der Waals surface area contributed by atoms with Crippen LogP contribution in [0.25, 0.3) is 0 Å². The van der Waals surface area contributed by atoms with Gasteiger partial charge in [-0.2, -0.15) is 0 Å². The zero-order valence-corrected chi connectivity index (χ0v) is 9.20. The van der Waals surface area contributed by atoms with Crippen LogP contribution >= 0.6 is 8.60 Å². The molecular weight excluding hydrogens is 214 g/mol. The first-order chi connectivity index (χ1) is 7.35. The molecule has 0 spiro atoms. The van der Waals surface area contributed by atoms with Gasteiger partial charge in [-0.25, -0.2) is 0 Å². The average molecular weight is 224 g/mol. The Kier molecular flexibility index (Phi) is 3.47. The summed E-state index contributed by atoms with van der Waals surface area (Å²) in [5.41, 5.74) is 0.953. The van der Waals surface area contributed by atoms with Crippen LogP contribution in [0.4, 0.5) is 0 Å². The topological polar surface area (TPSA) is 36.9 Å². The van der Waals surface area contributed by atoms with Gasteiger partial charge in [-0.3, -0.25) is 4.52 Å². The SMILES string of the molecule is [B]COP1OCc2cccc(OC)c2O1. The first-order valence-electron chi connectivity index (χ1n) is 4.45. The van der Waals surface area contributed by atoms with Crippen LogP contribution in [0.5, 0.6) is 11.5 Å². The van der Waals surface area contributed by atoms with E-state index in [-0.39, 0.29) is 6.51 Å². The Morgan fingerprint density at radius 1 is 1.53 bits per heavy atom. The summed E-state index contributed by atoms with van der Waals surface area (Å²) in [4.78, 5) is 0. The number of benzene rings is 1. The third-order valence-corrected chi connectivity index (χ3v) is 2.98. The van der Waals surface area contributed by atoms with E-state index in [2.05, 4.69) is 0 Å². The van der Waals surface area contributed by atoms with E-state index in [1.807, 2.05) is 18.2 Å². The Labute approximate surface area is 90.9 Å². The first-order valence-corrected chi connectivity index (χ1v) is 5.54. The number of hydrogen-bond acceptors (Lipinski definition) is 4. The second-order valence-electron chi connectivity index (χ2n) is 2.83. The standard InChI is InChI=1S/C9H10BO4P/c1-11-8-4-2-3-7-5-12-15(13-6-10)14-9(7)8/h2-4H,5-6H2,1H3. The smallest absolute Gasteiger partial charge is 0.396 e. The molecule has 1 heterocycles. The molecule has 0 saturated carbocycles. The van der Waals surface area contributed by atoms with Crippen LogP contribution in [-0.4, -0.2) is 21.5 Å². The highest BCUT2D eigenvalue weighted by molar-refractivity contribution is 7.42. The maximum absolute atomic E-state index is 5.51. The fraction of sp³-hybridized carbons (Fsp3) is 0.333. The fourth-order valence-electron chi connectivity index (χ4n) is 1.29. The number of rotatable bonds is 3. The molecule has 78 valence electrons. The molecule has 15 heavy (non-hydrogen) atoms. The van der Waals surface area contributed by atoms with Crippen molar-refractivity contribution in [1.29, 1.82) is 0 Å². The number of methoxy groups -OCH3 is 1. The molecule has 1 aliphatic rings. The quantitative estimate of drug-likeness (QED) is 0.580. The van der Waals surface area contributed by atoms with Crippen LogP contribution in [0, 0.1) is 0 Å². The molecular formula is C9H10BO4P. The Morgan fingerprint density at radius 2 is 2.40 bits per heavy atom. The molecule has 0 N–H and O–H groups in total. The largest absolute Gasteiger partial charge is 0.493 e. The van der Waals surface area contributed by atoms with E-state index < -0.39 is 8.60 Å². The highest BCUT2D eigenvalue weighted by Gasteiger charge is 2.25. The number of para-hydroxylation sites is 1. The van der Waals surface area contributed by atoms with Gasteiger partial charge in [-0.15, -0.1) is 0 Å². The van der Waals surface area contributed by atoms with Crippen LogP contribution in [-0.2, 0) is 15.7 Å². The molecule has 1 unspecified atom stereocenters. The second-order valence-corrected chi connectivity index (χ2v) is 3.98. The summed E-state index contributed by atoms with van der Waals surface area (Å²) in [5.74, 6) is 1.37. The zero-order valence-electron chi connectivity index (χ0n) is 8.30. The molecule has 2 rings (SSSR count). The molecule has 4 nitrogen and oxygen atoms in total. The molecule has 2 radical (unpaired) electrons. The van der Waals surface area contributed by atoms with Gasteiger partial charge in [0.1, 0.15) is 7.85 Å². The van der Waals surface area contributed by atoms with Gasteiger partial charge in [0, 0.05) is 12.1 Å². The highest BCUT2D eigenvalue weighted by Crippen LogP contribution is 2.50. The summed E-state index contributed by atoms with van der Waals surface area (Å²) in [7, 11) is 5.46. The highest BCUT2D eigenvalue weighted by atomic mass is 31.2. The molecule has 1 aromatic rings. The Hall–Kier alpha value is -0.765. The average Bonchev–Trinajstić information content (AvgIpc) is 2.28. The van der Waals surface area contributed by atoms with Crippen molar-refractivity contribution in [2.75, 3.05) is 13.6 Å². The van der Waals surface area contributed by atoms with Gasteiger partial charge in [-0.05, 0) is 6.07 Å². The van der Waals surface area contributed by atoms with Gasteiger partial charge in [0.2, 0.25) is 0 Å². The van der Waals surface area contributed by atoms with Gasteiger partial charge in [0.15, 0.2) is 11.5 Å². The Bertz CT molecular complexity index is 333. The normalized spacial score (nSPS) is 19.1. The van der Waals surface area contributed by atoms with Gasteiger partial charge in [0.05, 0.1) is 13.7 Å². The summed E-state index contributed by atoms with van der Waals surface area (Å²) in [5, 5.41) is 0. The van der Waals surface area contributed by atoms with E-state index >= 15 is 0 Å². The van der Waals surface area contributed by atoms with E-state index in [4.69, 9.17) is 26.2 Å². The van der Waals surface area contributed by atoms with Crippen molar-refractivity contribution in [3.8, 4) is 11.5 Å². The minimum Gasteiger partial charge on any atom is -0.493 e. The molecule has 0 saturated heterocycles. The molecule has 0 aromatic heterocycles. The van der Waals surface area contributed by atoms with Gasteiger partial charge >= 0.3 is 8.60 Å². The van der Waals surface area contributed by atoms with E-state index in [0.717, 1.165) is 5.56 Å². The van der Waals surface area contributed by atoms with Crippen LogP contribution in [0.2, 0.25) is 0 Å². The van der Waals surface area contributed by atoms with E-state index in [9.17, 15) is 0 Å². The Morgan fingerprint density at radius 3 is 3.13 bits per heavy atom. The molecule has 1 atom stereocenters. The van der Waals surface area contributed by atoms with E-state index in [1.54, 1.807) is 7.11 Å². The summed E-state index contributed by atoms with van der Waals surface area (Å²) in [6.07, 6.45) is 0. The van der Waals surface area contributed by atoms with Crippen LogP contribution < -0.4 is 9.26 Å². The predicted octanol–water partition coefficient (Wildman–Crippen LogP) is 1.97. The van der Waals surface area contributed by atoms with Crippen LogP contribution in [0.1, 0.15) is 5.56 Å². The number of fused-ring (bicyclic) bond motifs is 1. The molecule has 1 aromatic carbocycles. The molecule has 0 aliphatic carbocycles. The summed E-state index contributed by atoms with van der Waals surface area (Å²) in [6.45, 7) is 0.536. The van der Waals surface area contributed by atoms with Gasteiger partial charge in [-0.1, -0.05) is 12.1 Å². The first kappa shape index (κ1) is 10.7. The molecule has 6 heteroatoms. The predicted molar refractivity (Wildman–Crippen MR) is 57.0 cm³/mol. The minimum atomic E-state index is -1.39. The lowest BCUT2D eigenvalue weighted by molar-refractivity contribution is 0.196. The van der Waals surface area contributed by atoms with E-state index in [0.29, 0.717) is 18.1 Å². The van der Waals surface area contributed by atoms with Gasteiger partial charge < -0.3 is 13.8 Å². The maximum atomic E-state index is 5.51. The number of ether oxygens (including phenoxy) is 1.